The number of carbonyl (C=O) groups is 1. The minimum atomic E-state index is -0.750. The Hall–Kier alpha value is -2.88. The standard InChI is InChI=1S/C17H19FN4O2.O2S/c1-4-13-11-8-12(18)14(24-3)7-10(11)9-22(13)15-5-6-20-16(21-15)17(23)19-2;1-3-2/h5-8,13H,4,9H2,1-3H3,(H,19,23);. The summed E-state index contributed by atoms with van der Waals surface area (Å²) >= 11 is -0.750. The van der Waals surface area contributed by atoms with Crippen molar-refractivity contribution in [2.45, 2.75) is 25.9 Å². The predicted octanol–water partition coefficient (Wildman–Crippen LogP) is 1.78. The normalized spacial score (nSPS) is 14.7. The highest BCUT2D eigenvalue weighted by atomic mass is 32.1. The summed E-state index contributed by atoms with van der Waals surface area (Å²) in [5.74, 6) is 0.286. The summed E-state index contributed by atoms with van der Waals surface area (Å²) in [6, 6.07) is 5.01. The lowest BCUT2D eigenvalue weighted by atomic mass is 10.0. The summed E-state index contributed by atoms with van der Waals surface area (Å²) < 4.78 is 35.7. The molecule has 2 heterocycles. The number of fused-ring (bicyclic) bond motifs is 1. The molecule has 0 fully saturated rings. The summed E-state index contributed by atoms with van der Waals surface area (Å²) in [7, 11) is 2.99. The Morgan fingerprint density at radius 3 is 2.74 bits per heavy atom. The van der Waals surface area contributed by atoms with Crippen molar-refractivity contribution in [3.8, 4) is 5.75 Å². The first kappa shape index (κ1) is 20.4. The molecule has 3 rings (SSSR count). The van der Waals surface area contributed by atoms with Gasteiger partial charge in [-0.15, -0.1) is 0 Å². The minimum Gasteiger partial charge on any atom is -0.494 e. The summed E-state index contributed by atoms with van der Waals surface area (Å²) in [5, 5.41) is 2.52. The first-order valence-electron chi connectivity index (χ1n) is 8.10. The maximum atomic E-state index is 14.1. The Morgan fingerprint density at radius 2 is 2.15 bits per heavy atom. The Morgan fingerprint density at radius 1 is 1.44 bits per heavy atom. The van der Waals surface area contributed by atoms with Gasteiger partial charge in [-0.2, -0.15) is 8.42 Å². The maximum Gasteiger partial charge on any atom is 0.335 e. The molecule has 0 spiro atoms. The van der Waals surface area contributed by atoms with Gasteiger partial charge in [0, 0.05) is 19.8 Å². The molecule has 1 aromatic heterocycles. The van der Waals surface area contributed by atoms with E-state index < -0.39 is 11.6 Å². The van der Waals surface area contributed by atoms with E-state index in [4.69, 9.17) is 13.2 Å². The van der Waals surface area contributed by atoms with E-state index in [1.165, 1.54) is 20.2 Å². The van der Waals surface area contributed by atoms with Crippen LogP contribution in [0, 0.1) is 5.82 Å². The van der Waals surface area contributed by atoms with E-state index >= 15 is 0 Å². The van der Waals surface area contributed by atoms with Gasteiger partial charge in [-0.1, -0.05) is 6.92 Å². The zero-order valence-electron chi connectivity index (χ0n) is 15.1. The van der Waals surface area contributed by atoms with E-state index in [1.807, 2.05) is 6.92 Å². The Kier molecular flexibility index (Phi) is 6.94. The third kappa shape index (κ3) is 4.27. The van der Waals surface area contributed by atoms with Gasteiger partial charge in [0.1, 0.15) is 5.82 Å². The number of nitrogens with zero attached hydrogens (tertiary/aromatic N) is 3. The highest BCUT2D eigenvalue weighted by molar-refractivity contribution is 7.51. The molecule has 144 valence electrons. The van der Waals surface area contributed by atoms with Crippen molar-refractivity contribution in [1.82, 2.24) is 15.3 Å². The molecule has 0 saturated carbocycles. The van der Waals surface area contributed by atoms with Crippen molar-refractivity contribution < 1.29 is 22.3 Å². The van der Waals surface area contributed by atoms with Crippen molar-refractivity contribution in [3.63, 3.8) is 0 Å². The first-order chi connectivity index (χ1) is 13.0. The average molecular weight is 394 g/mol. The van der Waals surface area contributed by atoms with E-state index in [0.29, 0.717) is 12.4 Å². The van der Waals surface area contributed by atoms with Gasteiger partial charge < -0.3 is 15.0 Å². The van der Waals surface area contributed by atoms with Crippen molar-refractivity contribution >= 4 is 23.3 Å². The largest absolute Gasteiger partial charge is 0.494 e. The zero-order chi connectivity index (χ0) is 20.0. The molecule has 1 aliphatic rings. The van der Waals surface area contributed by atoms with Gasteiger partial charge in [0.15, 0.2) is 11.6 Å². The number of amides is 1. The highest BCUT2D eigenvalue weighted by Crippen LogP contribution is 2.40. The number of hydrogen-bond donors (Lipinski definition) is 1. The molecule has 0 aliphatic carbocycles. The number of hydrogen-bond acceptors (Lipinski definition) is 7. The molecule has 0 radical (unpaired) electrons. The van der Waals surface area contributed by atoms with Crippen LogP contribution in [0.5, 0.6) is 5.75 Å². The minimum absolute atomic E-state index is 0.00663. The molecule has 1 aliphatic heterocycles. The first-order valence-corrected chi connectivity index (χ1v) is 8.77. The Labute approximate surface area is 159 Å². The fraction of sp³-hybridized carbons (Fsp3) is 0.353. The van der Waals surface area contributed by atoms with Crippen LogP contribution in [-0.4, -0.2) is 38.5 Å². The topological polar surface area (TPSA) is 101 Å². The lowest BCUT2D eigenvalue weighted by Crippen LogP contribution is -2.25. The van der Waals surface area contributed by atoms with Gasteiger partial charge in [0.2, 0.25) is 5.82 Å². The molecule has 27 heavy (non-hydrogen) atoms. The molecule has 0 bridgehead atoms. The summed E-state index contributed by atoms with van der Waals surface area (Å²) in [6.07, 6.45) is 2.35. The molecule has 2 aromatic rings. The number of halogens is 1. The maximum absolute atomic E-state index is 14.1. The van der Waals surface area contributed by atoms with Crippen LogP contribution in [-0.2, 0) is 18.1 Å². The fourth-order valence-electron chi connectivity index (χ4n) is 3.09. The van der Waals surface area contributed by atoms with E-state index in [9.17, 15) is 9.18 Å². The number of rotatable bonds is 4. The predicted molar refractivity (Wildman–Crippen MR) is 96.5 cm³/mol. The van der Waals surface area contributed by atoms with Crippen LogP contribution >= 0.6 is 0 Å². The molecule has 0 saturated heterocycles. The molecule has 1 amide bonds. The van der Waals surface area contributed by atoms with Crippen LogP contribution in [0.1, 0.15) is 41.1 Å². The van der Waals surface area contributed by atoms with E-state index in [1.54, 1.807) is 18.3 Å². The third-order valence-corrected chi connectivity index (χ3v) is 4.24. The highest BCUT2D eigenvalue weighted by Gasteiger charge is 2.31. The van der Waals surface area contributed by atoms with Crippen LogP contribution in [0.3, 0.4) is 0 Å². The monoisotopic (exact) mass is 394 g/mol. The van der Waals surface area contributed by atoms with Crippen LogP contribution in [0.15, 0.2) is 24.4 Å². The molecule has 8 nitrogen and oxygen atoms in total. The molecule has 1 N–H and O–H groups in total. The van der Waals surface area contributed by atoms with Crippen molar-refractivity contribution in [2.75, 3.05) is 19.1 Å². The van der Waals surface area contributed by atoms with E-state index in [-0.39, 0.29) is 29.3 Å². The van der Waals surface area contributed by atoms with E-state index in [0.717, 1.165) is 17.5 Å². The molecule has 1 unspecified atom stereocenters. The van der Waals surface area contributed by atoms with Crippen LogP contribution in [0.2, 0.25) is 0 Å². The van der Waals surface area contributed by atoms with Crippen LogP contribution < -0.4 is 15.0 Å². The summed E-state index contributed by atoms with van der Waals surface area (Å²) in [5.41, 5.74) is 1.93. The Balaban J connectivity index is 0.000000817. The average Bonchev–Trinajstić information content (AvgIpc) is 3.04. The molecule has 1 atom stereocenters. The second-order valence-electron chi connectivity index (χ2n) is 5.62. The number of methoxy groups -OCH3 is 1. The third-order valence-electron chi connectivity index (χ3n) is 4.24. The molecule has 10 heteroatoms. The fourth-order valence-corrected chi connectivity index (χ4v) is 3.09. The van der Waals surface area contributed by atoms with Gasteiger partial charge >= 0.3 is 11.6 Å². The van der Waals surface area contributed by atoms with Gasteiger partial charge in [-0.05, 0) is 35.7 Å². The number of aromatic nitrogens is 2. The van der Waals surface area contributed by atoms with Gasteiger partial charge in [0.05, 0.1) is 13.2 Å². The van der Waals surface area contributed by atoms with Crippen molar-refractivity contribution in [1.29, 1.82) is 0 Å². The zero-order valence-corrected chi connectivity index (χ0v) is 15.9. The number of carbonyl (C=O) groups excluding carboxylic acids is 1. The Bertz CT molecular complexity index is 874. The second-order valence-corrected chi connectivity index (χ2v) is 5.76. The second kappa shape index (κ2) is 9.17. The lowest BCUT2D eigenvalue weighted by molar-refractivity contribution is 0.0952. The van der Waals surface area contributed by atoms with E-state index in [2.05, 4.69) is 20.2 Å². The number of ether oxygens (including phenoxy) is 1. The van der Waals surface area contributed by atoms with Gasteiger partial charge in [-0.25, -0.2) is 14.4 Å². The number of anilines is 1. The van der Waals surface area contributed by atoms with Gasteiger partial charge in [-0.3, -0.25) is 4.79 Å². The van der Waals surface area contributed by atoms with Gasteiger partial charge in [0.25, 0.3) is 5.91 Å². The summed E-state index contributed by atoms with van der Waals surface area (Å²) in [4.78, 5) is 22.2. The SMILES string of the molecule is CCC1c2cc(F)c(OC)cc2CN1c1ccnc(C(=O)NC)n1.O=S=O. The van der Waals surface area contributed by atoms with Crippen LogP contribution in [0.4, 0.5) is 10.2 Å². The summed E-state index contributed by atoms with van der Waals surface area (Å²) in [6.45, 7) is 2.62. The lowest BCUT2D eigenvalue weighted by Gasteiger charge is -2.25. The molecular weight excluding hydrogens is 375 g/mol. The molecular formula is C17H19FN4O4S. The quantitative estimate of drug-likeness (QED) is 0.843. The van der Waals surface area contributed by atoms with Crippen molar-refractivity contribution in [2.24, 2.45) is 0 Å². The number of benzene rings is 1. The number of nitrogens with one attached hydrogen (secondary N) is 1. The smallest absolute Gasteiger partial charge is 0.335 e. The van der Waals surface area contributed by atoms with Crippen LogP contribution in [0.25, 0.3) is 0 Å². The molecule has 1 aromatic carbocycles. The van der Waals surface area contributed by atoms with Crippen molar-refractivity contribution in [3.05, 3.63) is 47.2 Å².